The van der Waals surface area contributed by atoms with Crippen LogP contribution < -0.4 is 0 Å². The van der Waals surface area contributed by atoms with Crippen LogP contribution in [0.5, 0.6) is 0 Å². The van der Waals surface area contributed by atoms with Crippen LogP contribution >= 0.6 is 0 Å². The molecule has 2 rings (SSSR count). The molecule has 1 heterocycles. The molecule has 1 aliphatic carbocycles. The van der Waals surface area contributed by atoms with Crippen LogP contribution in [0.1, 0.15) is 78.6 Å². The maximum atomic E-state index is 10.2. The van der Waals surface area contributed by atoms with Crippen molar-refractivity contribution in [3.05, 3.63) is 24.3 Å². The lowest BCUT2D eigenvalue weighted by Gasteiger charge is -2.35. The molecule has 1 saturated heterocycles. The van der Waals surface area contributed by atoms with E-state index in [1.54, 1.807) is 0 Å². The molecule has 5 atom stereocenters. The van der Waals surface area contributed by atoms with Crippen LogP contribution in [-0.2, 0) is 4.74 Å². The van der Waals surface area contributed by atoms with E-state index in [0.717, 1.165) is 25.9 Å². The number of hydrogen-bond donors (Lipinski definition) is 1. The van der Waals surface area contributed by atoms with Gasteiger partial charge in [0.2, 0.25) is 0 Å². The summed E-state index contributed by atoms with van der Waals surface area (Å²) in [5.74, 6) is 1.13. The summed E-state index contributed by atoms with van der Waals surface area (Å²) in [5, 5.41) is 10.2. The van der Waals surface area contributed by atoms with Crippen molar-refractivity contribution in [1.29, 1.82) is 0 Å². The Balaban J connectivity index is 1.89. The van der Waals surface area contributed by atoms with E-state index in [1.807, 2.05) is 6.08 Å². The van der Waals surface area contributed by atoms with E-state index in [2.05, 4.69) is 39.0 Å². The Bertz CT molecular complexity index is 414. The fraction of sp³-hybridized carbons (Fsp3) is 0.818. The van der Waals surface area contributed by atoms with Crippen LogP contribution in [0.3, 0.4) is 0 Å². The molecule has 1 aliphatic heterocycles. The topological polar surface area (TPSA) is 29.5 Å². The Labute approximate surface area is 149 Å². The second-order valence-electron chi connectivity index (χ2n) is 8.19. The summed E-state index contributed by atoms with van der Waals surface area (Å²) < 4.78 is 6.02. The monoisotopic (exact) mass is 334 g/mol. The summed E-state index contributed by atoms with van der Waals surface area (Å²) in [4.78, 5) is 0. The van der Waals surface area contributed by atoms with Crippen molar-refractivity contribution in [1.82, 2.24) is 0 Å². The van der Waals surface area contributed by atoms with Crippen molar-refractivity contribution in [2.75, 3.05) is 6.61 Å². The third kappa shape index (κ3) is 5.20. The van der Waals surface area contributed by atoms with E-state index in [9.17, 15) is 5.11 Å². The van der Waals surface area contributed by atoms with Gasteiger partial charge in [0.15, 0.2) is 0 Å². The van der Waals surface area contributed by atoms with Crippen LogP contribution in [0.4, 0.5) is 0 Å². The predicted molar refractivity (Wildman–Crippen MR) is 102 cm³/mol. The van der Waals surface area contributed by atoms with Crippen LogP contribution in [0.15, 0.2) is 24.3 Å². The molecule has 2 aliphatic rings. The summed E-state index contributed by atoms with van der Waals surface area (Å²) in [6.45, 7) is 7.75. The van der Waals surface area contributed by atoms with Gasteiger partial charge in [-0.15, -0.1) is 0 Å². The molecule has 2 bridgehead atoms. The van der Waals surface area contributed by atoms with Crippen LogP contribution in [0.25, 0.3) is 0 Å². The molecule has 0 aromatic heterocycles. The van der Waals surface area contributed by atoms with E-state index in [1.165, 1.54) is 38.5 Å². The summed E-state index contributed by atoms with van der Waals surface area (Å²) >= 11 is 0. The van der Waals surface area contributed by atoms with Crippen molar-refractivity contribution in [2.45, 2.75) is 90.8 Å². The molecular formula is C22H38O2. The first-order chi connectivity index (χ1) is 11.6. The van der Waals surface area contributed by atoms with Gasteiger partial charge in [-0.05, 0) is 37.0 Å². The Hall–Kier alpha value is -0.600. The Morgan fingerprint density at radius 2 is 1.96 bits per heavy atom. The van der Waals surface area contributed by atoms with Gasteiger partial charge in [-0.3, -0.25) is 0 Å². The van der Waals surface area contributed by atoms with Crippen molar-refractivity contribution in [3.63, 3.8) is 0 Å². The molecule has 5 unspecified atom stereocenters. The molecule has 1 N–H and O–H groups in total. The maximum absolute atomic E-state index is 10.2. The Morgan fingerprint density at radius 1 is 1.17 bits per heavy atom. The van der Waals surface area contributed by atoms with Crippen molar-refractivity contribution in [3.8, 4) is 0 Å². The molecule has 0 aromatic carbocycles. The summed E-state index contributed by atoms with van der Waals surface area (Å²) in [6, 6.07) is 0. The molecule has 0 amide bonds. The first-order valence-electron chi connectivity index (χ1n) is 10.2. The molecule has 0 spiro atoms. The number of fused-ring (bicyclic) bond motifs is 2. The third-order valence-corrected chi connectivity index (χ3v) is 6.02. The average Bonchev–Trinajstić information content (AvgIpc) is 3.07. The van der Waals surface area contributed by atoms with Gasteiger partial charge in [-0.25, -0.2) is 0 Å². The molecule has 2 nitrogen and oxygen atoms in total. The van der Waals surface area contributed by atoms with Gasteiger partial charge >= 0.3 is 0 Å². The van der Waals surface area contributed by atoms with E-state index in [-0.39, 0.29) is 6.10 Å². The fourth-order valence-electron chi connectivity index (χ4n) is 4.44. The van der Waals surface area contributed by atoms with E-state index >= 15 is 0 Å². The van der Waals surface area contributed by atoms with Crippen molar-refractivity contribution >= 4 is 0 Å². The molecule has 0 aromatic rings. The molecule has 2 fully saturated rings. The van der Waals surface area contributed by atoms with Gasteiger partial charge in [0.1, 0.15) is 0 Å². The lowest BCUT2D eigenvalue weighted by molar-refractivity contribution is -0.00760. The Kier molecular flexibility index (Phi) is 8.03. The lowest BCUT2D eigenvalue weighted by atomic mass is 9.75. The largest absolute Gasteiger partial charge is 0.389 e. The van der Waals surface area contributed by atoms with E-state index < -0.39 is 0 Å². The number of unbranched alkanes of at least 4 members (excludes halogenated alkanes) is 4. The van der Waals surface area contributed by atoms with Crippen LogP contribution in [0.2, 0.25) is 0 Å². The SMILES string of the molecule is CCCCC=CCC1C(C=CC(O)CCCCC)C2CC1(C)CO2. The fourth-order valence-corrected chi connectivity index (χ4v) is 4.44. The second kappa shape index (κ2) is 9.77. The highest BCUT2D eigenvalue weighted by molar-refractivity contribution is 5.12. The zero-order valence-electron chi connectivity index (χ0n) is 16.0. The molecule has 24 heavy (non-hydrogen) atoms. The first kappa shape index (κ1) is 19.7. The normalized spacial score (nSPS) is 33.9. The van der Waals surface area contributed by atoms with Crippen LogP contribution in [0, 0.1) is 17.3 Å². The minimum Gasteiger partial charge on any atom is -0.389 e. The summed E-state index contributed by atoms with van der Waals surface area (Å²) in [6.07, 6.45) is 19.7. The second-order valence-corrected chi connectivity index (χ2v) is 8.19. The minimum atomic E-state index is -0.288. The standard InChI is InChI=1S/C22H38O2/c1-4-6-8-9-11-13-20-19(21-16-22(20,3)17-24-21)15-14-18(23)12-10-7-5-2/h9,11,14-15,18-21,23H,4-8,10,12-13,16-17H2,1-3H3. The van der Waals surface area contributed by atoms with Gasteiger partial charge in [0.25, 0.3) is 0 Å². The van der Waals surface area contributed by atoms with Crippen molar-refractivity contribution < 1.29 is 9.84 Å². The highest BCUT2D eigenvalue weighted by atomic mass is 16.5. The minimum absolute atomic E-state index is 0.288. The highest BCUT2D eigenvalue weighted by Crippen LogP contribution is 2.55. The van der Waals surface area contributed by atoms with Gasteiger partial charge in [0, 0.05) is 5.92 Å². The van der Waals surface area contributed by atoms with E-state index in [0.29, 0.717) is 23.4 Å². The zero-order valence-corrected chi connectivity index (χ0v) is 16.0. The number of rotatable bonds is 11. The van der Waals surface area contributed by atoms with Gasteiger partial charge in [0.05, 0.1) is 18.8 Å². The first-order valence-corrected chi connectivity index (χ1v) is 10.2. The quantitative estimate of drug-likeness (QED) is 0.390. The summed E-state index contributed by atoms with van der Waals surface area (Å²) in [5.41, 5.74) is 0.321. The average molecular weight is 335 g/mol. The van der Waals surface area contributed by atoms with Gasteiger partial charge < -0.3 is 9.84 Å². The molecule has 1 saturated carbocycles. The maximum Gasteiger partial charge on any atom is 0.0721 e. The third-order valence-electron chi connectivity index (χ3n) is 6.02. The van der Waals surface area contributed by atoms with Gasteiger partial charge in [-0.2, -0.15) is 0 Å². The molecule has 2 heteroatoms. The number of ether oxygens (including phenoxy) is 1. The van der Waals surface area contributed by atoms with Crippen LogP contribution in [-0.4, -0.2) is 23.9 Å². The summed E-state index contributed by atoms with van der Waals surface area (Å²) in [7, 11) is 0. The van der Waals surface area contributed by atoms with E-state index in [4.69, 9.17) is 4.74 Å². The number of aliphatic hydroxyl groups is 1. The smallest absolute Gasteiger partial charge is 0.0721 e. The van der Waals surface area contributed by atoms with Gasteiger partial charge in [-0.1, -0.05) is 77.2 Å². The van der Waals surface area contributed by atoms with Crippen molar-refractivity contribution in [2.24, 2.45) is 17.3 Å². The number of hydrogen-bond acceptors (Lipinski definition) is 2. The number of allylic oxidation sites excluding steroid dienone is 2. The highest BCUT2D eigenvalue weighted by Gasteiger charge is 2.54. The number of aliphatic hydroxyl groups excluding tert-OH is 1. The molecular weight excluding hydrogens is 296 g/mol. The zero-order chi connectivity index (χ0) is 17.4. The Morgan fingerprint density at radius 3 is 2.71 bits per heavy atom. The predicted octanol–water partition coefficient (Wildman–Crippen LogP) is 5.66. The lowest BCUT2D eigenvalue weighted by Crippen LogP contribution is -2.33. The molecule has 0 radical (unpaired) electrons. The molecule has 138 valence electrons.